The molecule has 1 amide bonds. The smallest absolute Gasteiger partial charge is 0.255 e. The van der Waals surface area contributed by atoms with E-state index in [1.165, 1.54) is 24.0 Å². The van der Waals surface area contributed by atoms with Crippen LogP contribution in [-0.4, -0.2) is 10.9 Å². The second kappa shape index (κ2) is 7.66. The summed E-state index contributed by atoms with van der Waals surface area (Å²) in [6.45, 7) is 0. The molecule has 24 heavy (non-hydrogen) atoms. The number of aromatic amines is 1. The monoisotopic (exact) mass is 336 g/mol. The molecule has 1 heterocycles. The first-order valence-corrected chi connectivity index (χ1v) is 8.46. The van der Waals surface area contributed by atoms with Crippen molar-refractivity contribution >= 4 is 23.4 Å². The number of H-pyrrole nitrogens is 1. The van der Waals surface area contributed by atoms with Gasteiger partial charge in [-0.05, 0) is 29.8 Å². The van der Waals surface area contributed by atoms with Crippen LogP contribution in [0.5, 0.6) is 0 Å². The van der Waals surface area contributed by atoms with E-state index in [0.29, 0.717) is 5.56 Å². The van der Waals surface area contributed by atoms with Gasteiger partial charge in [-0.2, -0.15) is 0 Å². The zero-order valence-electron chi connectivity index (χ0n) is 12.9. The zero-order chi connectivity index (χ0) is 16.8. The van der Waals surface area contributed by atoms with E-state index in [1.54, 1.807) is 23.9 Å². The fourth-order valence-corrected chi connectivity index (χ4v) is 3.01. The van der Waals surface area contributed by atoms with Gasteiger partial charge in [0.05, 0.1) is 0 Å². The largest absolute Gasteiger partial charge is 0.366 e. The van der Waals surface area contributed by atoms with Crippen molar-refractivity contribution in [3.05, 3.63) is 94.4 Å². The van der Waals surface area contributed by atoms with Crippen molar-refractivity contribution in [2.24, 2.45) is 0 Å². The number of benzene rings is 2. The third-order valence-corrected chi connectivity index (χ3v) is 4.52. The molecule has 5 heteroatoms. The van der Waals surface area contributed by atoms with E-state index in [9.17, 15) is 9.59 Å². The lowest BCUT2D eigenvalue weighted by molar-refractivity contribution is 0.102. The fraction of sp³-hybridized carbons (Fsp3) is 0.0526. The highest BCUT2D eigenvalue weighted by Crippen LogP contribution is 2.23. The van der Waals surface area contributed by atoms with Crippen molar-refractivity contribution in [2.45, 2.75) is 10.6 Å². The fourth-order valence-electron chi connectivity index (χ4n) is 2.15. The van der Waals surface area contributed by atoms with E-state index >= 15 is 0 Å². The number of thioether (sulfide) groups is 1. The molecule has 2 aromatic carbocycles. The van der Waals surface area contributed by atoms with Crippen LogP contribution in [0, 0.1) is 0 Å². The Morgan fingerprint density at radius 2 is 1.75 bits per heavy atom. The molecule has 0 atom stereocenters. The summed E-state index contributed by atoms with van der Waals surface area (Å²) in [6.07, 6.45) is 3.00. The maximum absolute atomic E-state index is 12.2. The molecule has 2 N–H and O–H groups in total. The number of hydrogen-bond donors (Lipinski definition) is 2. The van der Waals surface area contributed by atoms with Gasteiger partial charge in [0.2, 0.25) is 5.43 Å². The molecule has 3 rings (SSSR count). The lowest BCUT2D eigenvalue weighted by Gasteiger charge is -2.06. The Labute approximate surface area is 143 Å². The predicted molar refractivity (Wildman–Crippen MR) is 97.5 cm³/mol. The van der Waals surface area contributed by atoms with E-state index < -0.39 is 0 Å². The summed E-state index contributed by atoms with van der Waals surface area (Å²) < 4.78 is 0. The molecule has 3 aromatic rings. The minimum absolute atomic E-state index is 0.225. The van der Waals surface area contributed by atoms with Gasteiger partial charge < -0.3 is 10.3 Å². The Kier molecular flexibility index (Phi) is 5.13. The van der Waals surface area contributed by atoms with Crippen LogP contribution in [0.3, 0.4) is 0 Å². The van der Waals surface area contributed by atoms with E-state index in [2.05, 4.69) is 22.4 Å². The van der Waals surface area contributed by atoms with E-state index in [-0.39, 0.29) is 17.0 Å². The molecular formula is C19H16N2O2S. The number of nitrogens with one attached hydrogen (secondary N) is 2. The lowest BCUT2D eigenvalue weighted by atomic mass is 10.2. The quantitative estimate of drug-likeness (QED) is 0.694. The summed E-state index contributed by atoms with van der Waals surface area (Å²) in [5.74, 6) is 0.581. The average molecular weight is 336 g/mol. The maximum Gasteiger partial charge on any atom is 0.255 e. The molecule has 0 saturated carbocycles. The van der Waals surface area contributed by atoms with Gasteiger partial charge in [-0.25, -0.2) is 0 Å². The number of carbonyl (C=O) groups is 1. The molecule has 0 saturated heterocycles. The number of rotatable bonds is 5. The normalized spacial score (nSPS) is 10.3. The summed E-state index contributed by atoms with van der Waals surface area (Å²) in [7, 11) is 0. The Morgan fingerprint density at radius 3 is 2.46 bits per heavy atom. The molecule has 0 radical (unpaired) electrons. The van der Waals surface area contributed by atoms with Gasteiger partial charge in [-0.1, -0.05) is 30.3 Å². The number of aromatic nitrogens is 1. The minimum atomic E-state index is -0.300. The van der Waals surface area contributed by atoms with Crippen molar-refractivity contribution in [2.75, 3.05) is 5.32 Å². The maximum atomic E-state index is 12.2. The molecule has 0 bridgehead atoms. The lowest BCUT2D eigenvalue weighted by Crippen LogP contribution is -2.17. The van der Waals surface area contributed by atoms with E-state index in [1.807, 2.05) is 30.3 Å². The Hall–Kier alpha value is -2.79. The Bertz CT molecular complexity index is 874. The molecule has 0 spiro atoms. The first-order chi connectivity index (χ1) is 11.7. The highest BCUT2D eigenvalue weighted by molar-refractivity contribution is 7.98. The molecule has 0 aliphatic heterocycles. The molecule has 4 nitrogen and oxygen atoms in total. The minimum Gasteiger partial charge on any atom is -0.366 e. The summed E-state index contributed by atoms with van der Waals surface area (Å²) >= 11 is 1.71. The first-order valence-electron chi connectivity index (χ1n) is 7.47. The van der Waals surface area contributed by atoms with Gasteiger partial charge in [0.25, 0.3) is 5.91 Å². The highest BCUT2D eigenvalue weighted by Gasteiger charge is 2.08. The molecule has 0 aliphatic rings. The van der Waals surface area contributed by atoms with E-state index in [4.69, 9.17) is 0 Å². The van der Waals surface area contributed by atoms with Crippen LogP contribution in [0.25, 0.3) is 0 Å². The number of carbonyl (C=O) groups excluding carboxylic acids is 1. The number of hydrogen-bond acceptors (Lipinski definition) is 3. The van der Waals surface area contributed by atoms with Crippen LogP contribution in [0.1, 0.15) is 15.9 Å². The van der Waals surface area contributed by atoms with Crippen molar-refractivity contribution in [1.82, 2.24) is 4.98 Å². The van der Waals surface area contributed by atoms with Gasteiger partial charge in [-0.15, -0.1) is 11.8 Å². The van der Waals surface area contributed by atoms with Gasteiger partial charge in [0.15, 0.2) is 0 Å². The van der Waals surface area contributed by atoms with Gasteiger partial charge in [0, 0.05) is 34.7 Å². The van der Waals surface area contributed by atoms with Crippen molar-refractivity contribution in [3.8, 4) is 0 Å². The second-order valence-corrected chi connectivity index (χ2v) is 6.22. The van der Waals surface area contributed by atoms with Crippen LogP contribution < -0.4 is 10.7 Å². The Balaban J connectivity index is 1.62. The van der Waals surface area contributed by atoms with Crippen LogP contribution >= 0.6 is 11.8 Å². The summed E-state index contributed by atoms with van der Waals surface area (Å²) in [5, 5.41) is 2.61. The van der Waals surface area contributed by atoms with Crippen LogP contribution in [0.2, 0.25) is 0 Å². The zero-order valence-corrected chi connectivity index (χ0v) is 13.7. The molecule has 0 fully saturated rings. The van der Waals surface area contributed by atoms with E-state index in [0.717, 1.165) is 10.6 Å². The number of anilines is 1. The Morgan fingerprint density at radius 1 is 1.00 bits per heavy atom. The highest BCUT2D eigenvalue weighted by atomic mass is 32.2. The average Bonchev–Trinajstić information content (AvgIpc) is 2.63. The number of amides is 1. The molecule has 1 aromatic heterocycles. The standard InChI is InChI=1S/C19H16N2O2S/c22-18-10-11-20-12-17(18)21-19(23)15-6-8-16(9-7-15)24-13-14-4-2-1-3-5-14/h1-12H,13H2,(H,20,22)(H,21,23). The summed E-state index contributed by atoms with van der Waals surface area (Å²) in [6, 6.07) is 19.0. The first kappa shape index (κ1) is 16.1. The number of pyridine rings is 1. The van der Waals surface area contributed by atoms with Crippen molar-refractivity contribution in [1.29, 1.82) is 0 Å². The van der Waals surface area contributed by atoms with Crippen molar-refractivity contribution in [3.63, 3.8) is 0 Å². The third kappa shape index (κ3) is 4.14. The molecular weight excluding hydrogens is 320 g/mol. The van der Waals surface area contributed by atoms with Crippen molar-refractivity contribution < 1.29 is 4.79 Å². The SMILES string of the molecule is O=C(Nc1c[nH]ccc1=O)c1ccc(SCc2ccccc2)cc1. The molecule has 0 aliphatic carbocycles. The topological polar surface area (TPSA) is 62.0 Å². The van der Waals surface area contributed by atoms with Crippen LogP contribution in [0.4, 0.5) is 5.69 Å². The predicted octanol–water partition coefficient (Wildman–Crippen LogP) is 3.92. The van der Waals surface area contributed by atoms with Gasteiger partial charge >= 0.3 is 0 Å². The summed E-state index contributed by atoms with van der Waals surface area (Å²) in [5.41, 5.74) is 1.79. The van der Waals surface area contributed by atoms with Gasteiger partial charge in [-0.3, -0.25) is 9.59 Å². The summed E-state index contributed by atoms with van der Waals surface area (Å²) in [4.78, 5) is 27.7. The third-order valence-electron chi connectivity index (χ3n) is 3.44. The second-order valence-electron chi connectivity index (χ2n) is 5.18. The van der Waals surface area contributed by atoms with Crippen LogP contribution in [0.15, 0.2) is 82.7 Å². The van der Waals surface area contributed by atoms with Crippen LogP contribution in [-0.2, 0) is 5.75 Å². The molecule has 120 valence electrons. The molecule has 0 unspecified atom stereocenters. The van der Waals surface area contributed by atoms with Gasteiger partial charge in [0.1, 0.15) is 5.69 Å².